The Morgan fingerprint density at radius 2 is 2.00 bits per heavy atom. The second-order valence-electron chi connectivity index (χ2n) is 5.87. The first-order valence-electron chi connectivity index (χ1n) is 7.70. The molecule has 3 rings (SSSR count). The number of fused-ring (bicyclic) bond motifs is 1. The molecule has 112 valence electrons. The summed E-state index contributed by atoms with van der Waals surface area (Å²) in [5, 5.41) is 2.37. The number of ether oxygens (including phenoxy) is 2. The van der Waals surface area contributed by atoms with Crippen LogP contribution in [0.25, 0.3) is 10.8 Å². The number of nitrogens with zero attached hydrogens (tertiary/aromatic N) is 1. The van der Waals surface area contributed by atoms with Crippen LogP contribution in [0, 0.1) is 0 Å². The molecule has 0 N–H and O–H groups in total. The van der Waals surface area contributed by atoms with Crippen molar-refractivity contribution in [1.29, 1.82) is 0 Å². The van der Waals surface area contributed by atoms with Gasteiger partial charge in [0.25, 0.3) is 0 Å². The maximum atomic E-state index is 6.04. The fourth-order valence-corrected chi connectivity index (χ4v) is 2.82. The van der Waals surface area contributed by atoms with Crippen LogP contribution in [0.2, 0.25) is 0 Å². The smallest absolute Gasteiger partial charge is 0.127 e. The topological polar surface area (TPSA) is 21.7 Å². The zero-order valence-corrected chi connectivity index (χ0v) is 12.8. The molecule has 1 fully saturated rings. The van der Waals surface area contributed by atoms with E-state index in [-0.39, 0.29) is 6.10 Å². The summed E-state index contributed by atoms with van der Waals surface area (Å²) in [7, 11) is 0. The summed E-state index contributed by atoms with van der Waals surface area (Å²) < 4.78 is 11.9. The summed E-state index contributed by atoms with van der Waals surface area (Å²) >= 11 is 0. The van der Waals surface area contributed by atoms with Crippen molar-refractivity contribution in [3.8, 4) is 5.75 Å². The van der Waals surface area contributed by atoms with Gasteiger partial charge in [0.15, 0.2) is 0 Å². The maximum absolute atomic E-state index is 6.04. The molecule has 1 unspecified atom stereocenters. The summed E-state index contributed by atoms with van der Waals surface area (Å²) in [6.45, 7) is 7.83. The molecule has 0 aliphatic carbocycles. The minimum atomic E-state index is 0.153. The molecule has 3 nitrogen and oxygen atoms in total. The van der Waals surface area contributed by atoms with Gasteiger partial charge in [-0.1, -0.05) is 36.4 Å². The highest BCUT2D eigenvalue weighted by Crippen LogP contribution is 2.25. The van der Waals surface area contributed by atoms with Crippen molar-refractivity contribution < 1.29 is 9.47 Å². The van der Waals surface area contributed by atoms with Gasteiger partial charge in [-0.3, -0.25) is 4.90 Å². The lowest BCUT2D eigenvalue weighted by Crippen LogP contribution is -2.47. The quantitative estimate of drug-likeness (QED) is 0.860. The first-order chi connectivity index (χ1) is 10.2. The molecule has 1 saturated heterocycles. The van der Waals surface area contributed by atoms with E-state index in [1.165, 1.54) is 5.39 Å². The predicted octanol–water partition coefficient (Wildman–Crippen LogP) is 3.33. The number of rotatable bonds is 4. The zero-order chi connectivity index (χ0) is 14.7. The standard InChI is InChI=1S/C18H23NO2/c1-14(2)19-10-11-20-16(12-19)13-21-18-9-5-7-15-6-3-4-8-17(15)18/h3-9,14,16H,10-13H2,1-2H3. The van der Waals surface area contributed by atoms with E-state index in [0.29, 0.717) is 12.6 Å². The second-order valence-corrected chi connectivity index (χ2v) is 5.87. The molecule has 1 aliphatic heterocycles. The van der Waals surface area contributed by atoms with Gasteiger partial charge in [0, 0.05) is 24.5 Å². The molecule has 0 spiro atoms. The molecule has 1 aliphatic rings. The molecule has 1 heterocycles. The third kappa shape index (κ3) is 3.36. The Morgan fingerprint density at radius 1 is 1.19 bits per heavy atom. The Balaban J connectivity index is 1.66. The van der Waals surface area contributed by atoms with Crippen molar-refractivity contribution in [2.45, 2.75) is 26.0 Å². The highest BCUT2D eigenvalue weighted by Gasteiger charge is 2.22. The summed E-state index contributed by atoms with van der Waals surface area (Å²) in [6.07, 6.45) is 0.153. The molecule has 0 bridgehead atoms. The van der Waals surface area contributed by atoms with Crippen LogP contribution in [0.15, 0.2) is 42.5 Å². The van der Waals surface area contributed by atoms with E-state index in [4.69, 9.17) is 9.47 Å². The zero-order valence-electron chi connectivity index (χ0n) is 12.8. The largest absolute Gasteiger partial charge is 0.490 e. The summed E-state index contributed by atoms with van der Waals surface area (Å²) in [5.74, 6) is 0.943. The molecular weight excluding hydrogens is 262 g/mol. The fourth-order valence-electron chi connectivity index (χ4n) is 2.82. The number of hydrogen-bond acceptors (Lipinski definition) is 3. The van der Waals surface area contributed by atoms with Crippen molar-refractivity contribution in [2.24, 2.45) is 0 Å². The van der Waals surface area contributed by atoms with E-state index >= 15 is 0 Å². The van der Waals surface area contributed by atoms with E-state index in [1.807, 2.05) is 18.2 Å². The van der Waals surface area contributed by atoms with Crippen LogP contribution < -0.4 is 4.74 Å². The van der Waals surface area contributed by atoms with Crippen molar-refractivity contribution in [2.75, 3.05) is 26.3 Å². The normalized spacial score (nSPS) is 20.0. The molecule has 0 radical (unpaired) electrons. The third-order valence-electron chi connectivity index (χ3n) is 4.07. The summed E-state index contributed by atoms with van der Waals surface area (Å²) in [4.78, 5) is 2.45. The first kappa shape index (κ1) is 14.4. The van der Waals surface area contributed by atoms with Crippen LogP contribution in [-0.2, 0) is 4.74 Å². The molecule has 0 amide bonds. The fraction of sp³-hybridized carbons (Fsp3) is 0.444. The predicted molar refractivity (Wildman–Crippen MR) is 85.9 cm³/mol. The summed E-state index contributed by atoms with van der Waals surface area (Å²) in [5.41, 5.74) is 0. The van der Waals surface area contributed by atoms with Crippen molar-refractivity contribution in [3.05, 3.63) is 42.5 Å². The van der Waals surface area contributed by atoms with Crippen LogP contribution in [0.1, 0.15) is 13.8 Å². The lowest BCUT2D eigenvalue weighted by Gasteiger charge is -2.35. The Labute approximate surface area is 126 Å². The summed E-state index contributed by atoms with van der Waals surface area (Å²) in [6, 6.07) is 15.1. The average molecular weight is 285 g/mol. The molecule has 3 heteroatoms. The highest BCUT2D eigenvalue weighted by atomic mass is 16.5. The van der Waals surface area contributed by atoms with Crippen LogP contribution >= 0.6 is 0 Å². The van der Waals surface area contributed by atoms with Crippen LogP contribution in [0.5, 0.6) is 5.75 Å². The maximum Gasteiger partial charge on any atom is 0.127 e. The van der Waals surface area contributed by atoms with Gasteiger partial charge in [-0.25, -0.2) is 0 Å². The third-order valence-corrected chi connectivity index (χ3v) is 4.07. The lowest BCUT2D eigenvalue weighted by atomic mass is 10.1. The van der Waals surface area contributed by atoms with E-state index in [2.05, 4.69) is 43.0 Å². The molecule has 1 atom stereocenters. The van der Waals surface area contributed by atoms with E-state index < -0.39 is 0 Å². The van der Waals surface area contributed by atoms with Gasteiger partial charge in [0.2, 0.25) is 0 Å². The van der Waals surface area contributed by atoms with Crippen LogP contribution in [-0.4, -0.2) is 43.3 Å². The molecule has 0 aromatic heterocycles. The monoisotopic (exact) mass is 285 g/mol. The van der Waals surface area contributed by atoms with Crippen molar-refractivity contribution >= 4 is 10.8 Å². The Morgan fingerprint density at radius 3 is 2.86 bits per heavy atom. The van der Waals surface area contributed by atoms with Crippen molar-refractivity contribution in [1.82, 2.24) is 4.90 Å². The van der Waals surface area contributed by atoms with Gasteiger partial charge >= 0.3 is 0 Å². The Hall–Kier alpha value is -1.58. The van der Waals surface area contributed by atoms with Crippen LogP contribution in [0.4, 0.5) is 0 Å². The minimum absolute atomic E-state index is 0.153. The lowest BCUT2D eigenvalue weighted by molar-refractivity contribution is -0.0562. The molecular formula is C18H23NO2. The van der Waals surface area contributed by atoms with Gasteiger partial charge in [0.1, 0.15) is 18.5 Å². The molecule has 2 aromatic carbocycles. The van der Waals surface area contributed by atoms with Gasteiger partial charge in [-0.15, -0.1) is 0 Å². The number of morpholine rings is 1. The highest BCUT2D eigenvalue weighted by molar-refractivity contribution is 5.88. The average Bonchev–Trinajstić information content (AvgIpc) is 2.53. The Bertz CT molecular complexity index is 591. The first-order valence-corrected chi connectivity index (χ1v) is 7.70. The van der Waals surface area contributed by atoms with Gasteiger partial charge in [0.05, 0.1) is 6.61 Å². The minimum Gasteiger partial charge on any atom is -0.490 e. The van der Waals surface area contributed by atoms with E-state index in [1.54, 1.807) is 0 Å². The van der Waals surface area contributed by atoms with Gasteiger partial charge in [-0.2, -0.15) is 0 Å². The number of hydrogen-bond donors (Lipinski definition) is 0. The molecule has 2 aromatic rings. The van der Waals surface area contributed by atoms with Crippen LogP contribution in [0.3, 0.4) is 0 Å². The number of benzene rings is 2. The van der Waals surface area contributed by atoms with E-state index in [0.717, 1.165) is 30.8 Å². The van der Waals surface area contributed by atoms with Gasteiger partial charge in [-0.05, 0) is 25.3 Å². The second kappa shape index (κ2) is 6.46. The molecule has 0 saturated carbocycles. The van der Waals surface area contributed by atoms with Gasteiger partial charge < -0.3 is 9.47 Å². The van der Waals surface area contributed by atoms with E-state index in [9.17, 15) is 0 Å². The van der Waals surface area contributed by atoms with Crippen molar-refractivity contribution in [3.63, 3.8) is 0 Å². The SMILES string of the molecule is CC(C)N1CCOC(COc2cccc3ccccc23)C1. The Kier molecular flexibility index (Phi) is 4.42. The molecule has 21 heavy (non-hydrogen) atoms.